The van der Waals surface area contributed by atoms with Gasteiger partial charge in [-0.25, -0.2) is 0 Å². The fraction of sp³-hybridized carbons (Fsp3) is 0.273. The molecule has 6 nitrogen and oxygen atoms in total. The Morgan fingerprint density at radius 3 is 2.62 bits per heavy atom. The molecule has 1 aromatic heterocycles. The van der Waals surface area contributed by atoms with Crippen LogP contribution in [0.25, 0.3) is 11.3 Å². The minimum absolute atomic E-state index is 0.0398. The molecule has 1 amide bonds. The first-order valence-electron chi connectivity index (χ1n) is 9.36. The molecule has 0 radical (unpaired) electrons. The third-order valence-electron chi connectivity index (χ3n) is 5.02. The molecule has 7 heteroatoms. The largest absolute Gasteiger partial charge is 0.497 e. The molecule has 4 rings (SSSR count). The van der Waals surface area contributed by atoms with Crippen molar-refractivity contribution < 1.29 is 14.3 Å². The van der Waals surface area contributed by atoms with E-state index in [0.717, 1.165) is 34.1 Å². The van der Waals surface area contributed by atoms with Gasteiger partial charge in [0.15, 0.2) is 0 Å². The Labute approximate surface area is 174 Å². The molecule has 150 valence electrons. The molecule has 1 unspecified atom stereocenters. The number of aromatic nitrogens is 2. The van der Waals surface area contributed by atoms with Crippen molar-refractivity contribution in [1.82, 2.24) is 14.7 Å². The smallest absolute Gasteiger partial charge is 0.273 e. The second-order valence-electron chi connectivity index (χ2n) is 6.73. The van der Waals surface area contributed by atoms with Crippen LogP contribution < -0.4 is 9.47 Å². The molecule has 0 bridgehead atoms. The summed E-state index contributed by atoms with van der Waals surface area (Å²) in [7, 11) is 5.09. The molecule has 1 aliphatic rings. The van der Waals surface area contributed by atoms with Crippen molar-refractivity contribution in [3.63, 3.8) is 0 Å². The van der Waals surface area contributed by atoms with Gasteiger partial charge >= 0.3 is 0 Å². The minimum atomic E-state index is -0.136. The molecular formula is C22H23N3O3S. The topological polar surface area (TPSA) is 56.6 Å². The number of thioether (sulfide) groups is 1. The van der Waals surface area contributed by atoms with Gasteiger partial charge in [-0.2, -0.15) is 5.10 Å². The number of amides is 1. The Morgan fingerprint density at radius 1 is 1.10 bits per heavy atom. The highest BCUT2D eigenvalue weighted by Crippen LogP contribution is 2.43. The van der Waals surface area contributed by atoms with Gasteiger partial charge in [-0.1, -0.05) is 30.3 Å². The first kappa shape index (κ1) is 19.4. The van der Waals surface area contributed by atoms with Crippen LogP contribution in [0.15, 0.2) is 54.6 Å². The Balaban J connectivity index is 1.67. The summed E-state index contributed by atoms with van der Waals surface area (Å²) in [6, 6.07) is 17.4. The van der Waals surface area contributed by atoms with Crippen molar-refractivity contribution in [2.75, 3.05) is 26.5 Å². The number of rotatable bonds is 5. The van der Waals surface area contributed by atoms with Crippen LogP contribution in [0, 0.1) is 0 Å². The molecule has 0 saturated carbocycles. The van der Waals surface area contributed by atoms with Gasteiger partial charge < -0.3 is 14.4 Å². The zero-order valence-electron chi connectivity index (χ0n) is 16.7. The number of nitrogens with zero attached hydrogens (tertiary/aromatic N) is 3. The number of carbonyl (C=O) groups is 1. The Morgan fingerprint density at radius 2 is 1.90 bits per heavy atom. The van der Waals surface area contributed by atoms with E-state index in [4.69, 9.17) is 9.47 Å². The molecular weight excluding hydrogens is 386 g/mol. The molecule has 0 aliphatic carbocycles. The maximum Gasteiger partial charge on any atom is 0.273 e. The molecule has 2 heterocycles. The van der Waals surface area contributed by atoms with Gasteiger partial charge in [0, 0.05) is 30.5 Å². The molecule has 2 aromatic carbocycles. The van der Waals surface area contributed by atoms with Crippen LogP contribution in [0.1, 0.15) is 21.4 Å². The summed E-state index contributed by atoms with van der Waals surface area (Å²) >= 11 is 1.72. The van der Waals surface area contributed by atoms with Gasteiger partial charge in [-0.3, -0.25) is 9.48 Å². The Kier molecular flexibility index (Phi) is 5.49. The van der Waals surface area contributed by atoms with E-state index in [1.54, 1.807) is 30.7 Å². The number of benzene rings is 2. The zero-order valence-corrected chi connectivity index (χ0v) is 17.5. The van der Waals surface area contributed by atoms with E-state index >= 15 is 0 Å². The Hall–Kier alpha value is -2.93. The van der Waals surface area contributed by atoms with Crippen molar-refractivity contribution in [3.8, 4) is 22.8 Å². The number of hydrogen-bond donors (Lipinski definition) is 0. The second kappa shape index (κ2) is 8.21. The number of ether oxygens (including phenoxy) is 2. The molecule has 1 aliphatic heterocycles. The van der Waals surface area contributed by atoms with E-state index < -0.39 is 0 Å². The van der Waals surface area contributed by atoms with E-state index in [0.29, 0.717) is 12.2 Å². The van der Waals surface area contributed by atoms with Crippen molar-refractivity contribution >= 4 is 17.7 Å². The first-order chi connectivity index (χ1) is 14.1. The van der Waals surface area contributed by atoms with Gasteiger partial charge in [0.2, 0.25) is 0 Å². The van der Waals surface area contributed by atoms with Gasteiger partial charge in [-0.05, 0) is 24.3 Å². The molecule has 3 aromatic rings. The normalized spacial score (nSPS) is 16.1. The van der Waals surface area contributed by atoms with E-state index in [1.807, 2.05) is 66.5 Å². The van der Waals surface area contributed by atoms with Crippen LogP contribution in [0.5, 0.6) is 11.5 Å². The summed E-state index contributed by atoms with van der Waals surface area (Å²) in [5.41, 5.74) is 3.29. The SMILES string of the molecule is COc1ccc(OC)c(C2SCCN2C(=O)c2cc(-c3ccccc3)nn2C)c1. The molecule has 0 spiro atoms. The first-order valence-corrected chi connectivity index (χ1v) is 10.4. The molecule has 1 atom stereocenters. The lowest BCUT2D eigenvalue weighted by molar-refractivity contribution is 0.0748. The minimum Gasteiger partial charge on any atom is -0.497 e. The summed E-state index contributed by atoms with van der Waals surface area (Å²) in [5.74, 6) is 2.31. The fourth-order valence-corrected chi connectivity index (χ4v) is 4.80. The van der Waals surface area contributed by atoms with Crippen LogP contribution in [-0.2, 0) is 7.05 Å². The molecule has 0 N–H and O–H groups in total. The molecule has 29 heavy (non-hydrogen) atoms. The predicted octanol–water partition coefficient (Wildman–Crippen LogP) is 3.99. The number of hydrogen-bond acceptors (Lipinski definition) is 5. The number of carbonyl (C=O) groups excluding carboxylic acids is 1. The lowest BCUT2D eigenvalue weighted by Crippen LogP contribution is -2.32. The highest BCUT2D eigenvalue weighted by atomic mass is 32.2. The van der Waals surface area contributed by atoms with E-state index in [-0.39, 0.29) is 11.3 Å². The van der Waals surface area contributed by atoms with E-state index in [1.165, 1.54) is 0 Å². The van der Waals surface area contributed by atoms with Crippen LogP contribution in [0.2, 0.25) is 0 Å². The third-order valence-corrected chi connectivity index (χ3v) is 6.27. The van der Waals surface area contributed by atoms with Gasteiger partial charge in [0.05, 0.1) is 19.9 Å². The van der Waals surface area contributed by atoms with Gasteiger partial charge in [0.25, 0.3) is 5.91 Å². The number of methoxy groups -OCH3 is 2. The Bertz CT molecular complexity index is 1020. The van der Waals surface area contributed by atoms with Gasteiger partial charge in [-0.15, -0.1) is 11.8 Å². The highest BCUT2D eigenvalue weighted by molar-refractivity contribution is 7.99. The summed E-state index contributed by atoms with van der Waals surface area (Å²) < 4.78 is 12.6. The van der Waals surface area contributed by atoms with Crippen molar-refractivity contribution in [2.45, 2.75) is 5.37 Å². The maximum absolute atomic E-state index is 13.4. The second-order valence-corrected chi connectivity index (χ2v) is 7.92. The van der Waals surface area contributed by atoms with Crippen molar-refractivity contribution in [3.05, 3.63) is 65.9 Å². The summed E-state index contributed by atoms with van der Waals surface area (Å²) in [6.45, 7) is 0.667. The summed E-state index contributed by atoms with van der Waals surface area (Å²) in [4.78, 5) is 15.3. The van der Waals surface area contributed by atoms with E-state index in [9.17, 15) is 4.79 Å². The van der Waals surface area contributed by atoms with E-state index in [2.05, 4.69) is 5.10 Å². The monoisotopic (exact) mass is 409 g/mol. The quantitative estimate of drug-likeness (QED) is 0.638. The maximum atomic E-state index is 13.4. The predicted molar refractivity (Wildman–Crippen MR) is 114 cm³/mol. The van der Waals surface area contributed by atoms with Crippen LogP contribution >= 0.6 is 11.8 Å². The number of aryl methyl sites for hydroxylation is 1. The van der Waals surface area contributed by atoms with Crippen LogP contribution in [0.4, 0.5) is 0 Å². The van der Waals surface area contributed by atoms with Crippen LogP contribution in [-0.4, -0.2) is 47.1 Å². The average Bonchev–Trinajstić information content (AvgIpc) is 3.40. The lowest BCUT2D eigenvalue weighted by atomic mass is 10.1. The lowest BCUT2D eigenvalue weighted by Gasteiger charge is -2.25. The third kappa shape index (κ3) is 3.70. The highest BCUT2D eigenvalue weighted by Gasteiger charge is 2.34. The molecule has 1 fully saturated rings. The molecule has 1 saturated heterocycles. The van der Waals surface area contributed by atoms with Crippen molar-refractivity contribution in [1.29, 1.82) is 0 Å². The fourth-order valence-electron chi connectivity index (χ4n) is 3.53. The summed E-state index contributed by atoms with van der Waals surface area (Å²) in [5, 5.41) is 4.41. The summed E-state index contributed by atoms with van der Waals surface area (Å²) in [6.07, 6.45) is 0. The van der Waals surface area contributed by atoms with Crippen molar-refractivity contribution in [2.24, 2.45) is 7.05 Å². The van der Waals surface area contributed by atoms with Crippen LogP contribution in [0.3, 0.4) is 0 Å². The standard InChI is InChI=1S/C22H23N3O3S/c1-24-19(14-18(23-24)15-7-5-4-6-8-15)21(26)25-11-12-29-22(25)17-13-16(27-2)9-10-20(17)28-3/h4-10,13-14,22H,11-12H2,1-3H3. The van der Waals surface area contributed by atoms with Gasteiger partial charge in [0.1, 0.15) is 22.6 Å². The average molecular weight is 410 g/mol. The zero-order chi connectivity index (χ0) is 20.4.